The minimum Gasteiger partial charge on any atom is -0.493 e. The molecule has 2 aliphatic heterocycles. The van der Waals surface area contributed by atoms with E-state index >= 15 is 0 Å². The zero-order valence-electron chi connectivity index (χ0n) is 28.9. The quantitative estimate of drug-likeness (QED) is 0.175. The molecule has 0 saturated heterocycles. The molecule has 4 aromatic carbocycles. The number of ether oxygens (including phenoxy) is 1. The number of hydrogen-bond donors (Lipinski definition) is 0. The summed E-state index contributed by atoms with van der Waals surface area (Å²) in [6.07, 6.45) is 0. The highest BCUT2D eigenvalue weighted by Crippen LogP contribution is 2.49. The molecule has 248 valence electrons. The summed E-state index contributed by atoms with van der Waals surface area (Å²) in [5, 5.41) is 0.462. The average Bonchev–Trinajstić information content (AvgIpc) is 3.02. The minimum absolute atomic E-state index is 0.0104. The van der Waals surface area contributed by atoms with Crippen LogP contribution in [-0.2, 0) is 0 Å². The monoisotopic (exact) mass is 664 g/mol. The maximum absolute atomic E-state index is 14.8. The topological polar surface area (TPSA) is 84.0 Å². The van der Waals surface area contributed by atoms with E-state index in [1.807, 2.05) is 91.8 Å². The summed E-state index contributed by atoms with van der Waals surface area (Å²) in [6, 6.07) is 14.6. The number of benzene rings is 4. The number of anilines is 2. The molecule has 4 amide bonds. The predicted molar refractivity (Wildman–Crippen MR) is 192 cm³/mol. The second-order valence-corrected chi connectivity index (χ2v) is 14.2. The molecular weight excluding hydrogens is 624 g/mol. The van der Waals surface area contributed by atoms with Crippen LogP contribution in [0.2, 0.25) is 5.02 Å². The van der Waals surface area contributed by atoms with Gasteiger partial charge in [0.25, 0.3) is 23.6 Å². The van der Waals surface area contributed by atoms with Crippen LogP contribution < -0.4 is 14.5 Å². The molecule has 0 bridgehead atoms. The fourth-order valence-corrected chi connectivity index (χ4v) is 7.49. The molecule has 0 spiro atoms. The minimum atomic E-state index is -0.594. The predicted octanol–water partition coefficient (Wildman–Crippen LogP) is 9.99. The van der Waals surface area contributed by atoms with Gasteiger partial charge in [-0.25, -0.2) is 9.80 Å². The van der Waals surface area contributed by atoms with Crippen LogP contribution in [0.5, 0.6) is 5.75 Å². The van der Waals surface area contributed by atoms with Crippen molar-refractivity contribution in [2.24, 2.45) is 0 Å². The van der Waals surface area contributed by atoms with Crippen molar-refractivity contribution in [1.82, 2.24) is 0 Å². The Morgan fingerprint density at radius 1 is 0.583 bits per heavy atom. The first-order valence-corrected chi connectivity index (χ1v) is 17.1. The standard InChI is InChI=1S/C40H41ClN2O5/c1-10-48-30-18-28-31-32-27(37(44)43(40(47)34(30)32)36-25(21(6)7)15-12-16-26(36)22(8)9)17-29(41)33(31)39(46)42(38(28)45)35-23(19(2)3)13-11-14-24(35)20(4)5/h11-22H,10H2,1-9H3. The van der Waals surface area contributed by atoms with Crippen molar-refractivity contribution in [3.8, 4) is 5.75 Å². The van der Waals surface area contributed by atoms with Crippen molar-refractivity contribution < 1.29 is 23.9 Å². The van der Waals surface area contributed by atoms with Crippen LogP contribution in [-0.4, -0.2) is 30.2 Å². The van der Waals surface area contributed by atoms with E-state index in [2.05, 4.69) is 0 Å². The van der Waals surface area contributed by atoms with Gasteiger partial charge in [-0.1, -0.05) is 103 Å². The zero-order valence-corrected chi connectivity index (χ0v) is 29.7. The van der Waals surface area contributed by atoms with Gasteiger partial charge in [0.15, 0.2) is 0 Å². The van der Waals surface area contributed by atoms with Crippen molar-refractivity contribution in [2.45, 2.75) is 86.0 Å². The van der Waals surface area contributed by atoms with Crippen molar-refractivity contribution in [1.29, 1.82) is 0 Å². The van der Waals surface area contributed by atoms with Crippen LogP contribution in [0.3, 0.4) is 0 Å². The molecule has 0 fully saturated rings. The van der Waals surface area contributed by atoms with Gasteiger partial charge in [0.05, 0.1) is 45.3 Å². The Morgan fingerprint density at radius 3 is 1.35 bits per heavy atom. The van der Waals surface area contributed by atoms with Crippen LogP contribution in [0, 0.1) is 0 Å². The first kappa shape index (κ1) is 33.4. The highest BCUT2D eigenvalue weighted by atomic mass is 35.5. The molecule has 48 heavy (non-hydrogen) atoms. The van der Waals surface area contributed by atoms with Crippen LogP contribution in [0.25, 0.3) is 10.8 Å². The Hall–Kier alpha value is -4.49. The highest BCUT2D eigenvalue weighted by Gasteiger charge is 2.45. The number of carbonyl (C=O) groups excluding carboxylic acids is 4. The summed E-state index contributed by atoms with van der Waals surface area (Å²) in [5.74, 6) is -2.07. The van der Waals surface area contributed by atoms with Gasteiger partial charge in [0.1, 0.15) is 5.75 Å². The van der Waals surface area contributed by atoms with E-state index in [1.54, 1.807) is 13.0 Å². The molecule has 0 aliphatic carbocycles. The van der Waals surface area contributed by atoms with Gasteiger partial charge in [-0.3, -0.25) is 19.2 Å². The second-order valence-electron chi connectivity index (χ2n) is 13.8. The zero-order chi connectivity index (χ0) is 34.9. The third-order valence-electron chi connectivity index (χ3n) is 9.45. The normalized spacial score (nSPS) is 14.5. The molecule has 0 atom stereocenters. The number of halogens is 1. The SMILES string of the molecule is CCOc1cc2c3c(c(Cl)cc4c3c1C(=O)N(c1c(C(C)C)cccc1C(C)C)C4=O)C(=O)N(c1c(C(C)C)cccc1C(C)C)C2=O. The number of para-hydroxylation sites is 2. The van der Waals surface area contributed by atoms with E-state index in [9.17, 15) is 19.2 Å². The van der Waals surface area contributed by atoms with E-state index in [0.717, 1.165) is 22.3 Å². The summed E-state index contributed by atoms with van der Waals surface area (Å²) in [4.78, 5) is 61.1. The molecular formula is C40H41ClN2O5. The van der Waals surface area contributed by atoms with Crippen molar-refractivity contribution >= 4 is 57.4 Å². The van der Waals surface area contributed by atoms with Gasteiger partial charge in [0.2, 0.25) is 0 Å². The molecule has 4 aromatic rings. The summed E-state index contributed by atoms with van der Waals surface area (Å²) in [5.41, 5.74) is 5.01. The van der Waals surface area contributed by atoms with Crippen LogP contribution in [0.1, 0.15) is 150 Å². The van der Waals surface area contributed by atoms with Gasteiger partial charge in [0, 0.05) is 10.8 Å². The number of nitrogens with zero attached hydrogens (tertiary/aromatic N) is 2. The molecule has 0 radical (unpaired) electrons. The molecule has 7 nitrogen and oxygen atoms in total. The van der Waals surface area contributed by atoms with E-state index < -0.39 is 23.6 Å². The second kappa shape index (κ2) is 12.2. The number of imide groups is 2. The molecule has 0 unspecified atom stereocenters. The largest absolute Gasteiger partial charge is 0.493 e. The van der Waals surface area contributed by atoms with E-state index in [-0.39, 0.29) is 74.1 Å². The maximum Gasteiger partial charge on any atom is 0.269 e. The van der Waals surface area contributed by atoms with E-state index in [4.69, 9.17) is 16.3 Å². The van der Waals surface area contributed by atoms with E-state index in [0.29, 0.717) is 11.4 Å². The number of rotatable bonds is 8. The summed E-state index contributed by atoms with van der Waals surface area (Å²) in [6.45, 7) is 18.2. The summed E-state index contributed by atoms with van der Waals surface area (Å²) in [7, 11) is 0. The highest BCUT2D eigenvalue weighted by molar-refractivity contribution is 6.47. The Labute approximate surface area is 286 Å². The number of amides is 4. The van der Waals surface area contributed by atoms with E-state index in [1.165, 1.54) is 15.9 Å². The molecule has 0 N–H and O–H groups in total. The Kier molecular flexibility index (Phi) is 8.49. The van der Waals surface area contributed by atoms with Gasteiger partial charge >= 0.3 is 0 Å². The lowest BCUT2D eigenvalue weighted by Gasteiger charge is -2.36. The lowest BCUT2D eigenvalue weighted by atomic mass is 9.83. The van der Waals surface area contributed by atoms with Crippen LogP contribution in [0.15, 0.2) is 48.5 Å². The molecule has 2 aliphatic rings. The third kappa shape index (κ3) is 4.85. The Bertz CT molecular complexity index is 2010. The Morgan fingerprint density at radius 2 is 0.958 bits per heavy atom. The molecule has 6 rings (SSSR count). The number of hydrogen-bond acceptors (Lipinski definition) is 5. The average molecular weight is 665 g/mol. The fraction of sp³-hybridized carbons (Fsp3) is 0.350. The van der Waals surface area contributed by atoms with Gasteiger partial charge in [-0.05, 0) is 65.0 Å². The smallest absolute Gasteiger partial charge is 0.269 e. The molecule has 0 aromatic heterocycles. The van der Waals surface area contributed by atoms with Crippen molar-refractivity contribution in [3.63, 3.8) is 0 Å². The third-order valence-corrected chi connectivity index (χ3v) is 9.75. The maximum atomic E-state index is 14.8. The molecule has 0 saturated carbocycles. The lowest BCUT2D eigenvalue weighted by molar-refractivity contribution is 0.0870. The Balaban J connectivity index is 1.68. The first-order valence-electron chi connectivity index (χ1n) is 16.7. The molecule has 2 heterocycles. The lowest BCUT2D eigenvalue weighted by Crippen LogP contribution is -2.45. The van der Waals surface area contributed by atoms with Gasteiger partial charge < -0.3 is 4.74 Å². The van der Waals surface area contributed by atoms with Gasteiger partial charge in [-0.15, -0.1) is 0 Å². The fourth-order valence-electron chi connectivity index (χ4n) is 7.20. The summed E-state index contributed by atoms with van der Waals surface area (Å²) >= 11 is 6.98. The summed E-state index contributed by atoms with van der Waals surface area (Å²) < 4.78 is 6.10. The van der Waals surface area contributed by atoms with Crippen LogP contribution >= 0.6 is 11.6 Å². The molecule has 8 heteroatoms. The number of carbonyl (C=O) groups is 4. The first-order chi connectivity index (χ1) is 22.7. The van der Waals surface area contributed by atoms with Crippen molar-refractivity contribution in [3.05, 3.63) is 98.1 Å². The van der Waals surface area contributed by atoms with Crippen LogP contribution in [0.4, 0.5) is 11.4 Å². The van der Waals surface area contributed by atoms with Gasteiger partial charge in [-0.2, -0.15) is 0 Å². The van der Waals surface area contributed by atoms with Crippen molar-refractivity contribution in [2.75, 3.05) is 16.4 Å².